The van der Waals surface area contributed by atoms with Crippen molar-refractivity contribution in [2.45, 2.75) is 50.5 Å². The van der Waals surface area contributed by atoms with Gasteiger partial charge >= 0.3 is 24.7 Å². The van der Waals surface area contributed by atoms with Gasteiger partial charge in [0, 0.05) is 16.5 Å². The first-order valence-corrected chi connectivity index (χ1v) is 7.10. The van der Waals surface area contributed by atoms with Crippen LogP contribution in [-0.4, -0.2) is 60.3 Å². The molecule has 0 aliphatic carbocycles. The summed E-state index contributed by atoms with van der Waals surface area (Å²) >= 11 is 0. The second kappa shape index (κ2) is 10.6. The second-order valence-electron chi connectivity index (χ2n) is 5.40. The molecule has 0 spiro atoms. The van der Waals surface area contributed by atoms with Crippen LogP contribution < -0.4 is 0 Å². The minimum absolute atomic E-state index is 0. The van der Waals surface area contributed by atoms with E-state index < -0.39 is 73.1 Å². The zero-order chi connectivity index (χ0) is 23.4. The smallest absolute Gasteiger partial charge is 0.289 e. The van der Waals surface area contributed by atoms with Gasteiger partial charge in [0.05, 0.1) is 25.4 Å². The SMILES string of the molecule is CC(CN=C(CC(=O)C(F)(F)F)C(F)(F)F)N=C(CC(=O)C(F)(F)F)C(F)(F)F.[Ni]. The summed E-state index contributed by atoms with van der Waals surface area (Å²) in [6, 6.07) is -1.91. The molecule has 1 unspecified atom stereocenters. The van der Waals surface area contributed by atoms with Crippen LogP contribution in [0.4, 0.5) is 52.7 Å². The summed E-state index contributed by atoms with van der Waals surface area (Å²) in [5.74, 6) is -5.65. The van der Waals surface area contributed by atoms with Gasteiger partial charge in [0.1, 0.15) is 11.4 Å². The van der Waals surface area contributed by atoms with Crippen molar-refractivity contribution >= 4 is 23.0 Å². The molecule has 0 heterocycles. The fraction of sp³-hybridized carbons (Fsp3) is 0.692. The zero-order valence-corrected chi connectivity index (χ0v) is 15.2. The Hall–Kier alpha value is -1.67. The molecule has 0 aliphatic heterocycles. The van der Waals surface area contributed by atoms with Gasteiger partial charge in [-0.25, -0.2) is 0 Å². The Balaban J connectivity index is 0. The maximum Gasteiger partial charge on any atom is 0.450 e. The van der Waals surface area contributed by atoms with Crippen molar-refractivity contribution in [1.29, 1.82) is 0 Å². The average Bonchev–Trinajstić information content (AvgIpc) is 2.46. The number of ketones is 2. The number of alkyl halides is 12. The molecular formula is C13H10F12N2NiO2. The predicted octanol–water partition coefficient (Wildman–Crippen LogP) is 4.42. The van der Waals surface area contributed by atoms with Gasteiger partial charge in [-0.3, -0.25) is 19.6 Å². The Labute approximate surface area is 169 Å². The largest absolute Gasteiger partial charge is 0.450 e. The van der Waals surface area contributed by atoms with Gasteiger partial charge in [-0.05, 0) is 6.92 Å². The number of carbonyl (C=O) groups is 2. The third-order valence-corrected chi connectivity index (χ3v) is 2.87. The zero-order valence-electron chi connectivity index (χ0n) is 14.3. The number of halogens is 12. The van der Waals surface area contributed by atoms with Gasteiger partial charge in [0.15, 0.2) is 0 Å². The van der Waals surface area contributed by atoms with Crippen LogP contribution in [0.5, 0.6) is 0 Å². The van der Waals surface area contributed by atoms with Crippen molar-refractivity contribution in [3.63, 3.8) is 0 Å². The van der Waals surface area contributed by atoms with Crippen LogP contribution in [0.3, 0.4) is 0 Å². The third kappa shape index (κ3) is 10.9. The summed E-state index contributed by atoms with van der Waals surface area (Å²) < 4.78 is 148. The molecule has 0 aromatic carbocycles. The fourth-order valence-corrected chi connectivity index (χ4v) is 1.52. The van der Waals surface area contributed by atoms with Gasteiger partial charge in [0.2, 0.25) is 11.6 Å². The number of rotatable bonds is 7. The Morgan fingerprint density at radius 3 is 1.30 bits per heavy atom. The van der Waals surface area contributed by atoms with E-state index in [1.807, 2.05) is 0 Å². The van der Waals surface area contributed by atoms with Crippen molar-refractivity contribution in [1.82, 2.24) is 0 Å². The normalized spacial score (nSPS) is 15.5. The van der Waals surface area contributed by atoms with Crippen LogP contribution in [-0.2, 0) is 26.1 Å². The van der Waals surface area contributed by atoms with Crippen LogP contribution in [0.15, 0.2) is 9.98 Å². The molecule has 0 radical (unpaired) electrons. The van der Waals surface area contributed by atoms with E-state index in [2.05, 4.69) is 9.98 Å². The number of aliphatic imine (C=N–C) groups is 2. The van der Waals surface area contributed by atoms with E-state index in [0.29, 0.717) is 6.92 Å². The molecule has 17 heteroatoms. The first-order chi connectivity index (χ1) is 12.7. The predicted molar refractivity (Wildman–Crippen MR) is 72.7 cm³/mol. The van der Waals surface area contributed by atoms with E-state index in [-0.39, 0.29) is 16.5 Å². The molecule has 30 heavy (non-hydrogen) atoms. The Bertz CT molecular complexity index is 674. The van der Waals surface area contributed by atoms with Crippen molar-refractivity contribution in [3.8, 4) is 0 Å². The summed E-state index contributed by atoms with van der Waals surface area (Å²) in [6.07, 6.45) is -26.8. The molecule has 4 nitrogen and oxygen atoms in total. The summed E-state index contributed by atoms with van der Waals surface area (Å²) in [6.45, 7) is -0.688. The van der Waals surface area contributed by atoms with Crippen LogP contribution in [0.25, 0.3) is 0 Å². The molecule has 0 N–H and O–H groups in total. The van der Waals surface area contributed by atoms with Gasteiger partial charge in [0.25, 0.3) is 0 Å². The van der Waals surface area contributed by atoms with Crippen molar-refractivity contribution in [2.24, 2.45) is 9.98 Å². The molecule has 0 bridgehead atoms. The molecular weight excluding hydrogens is 503 g/mol. The number of nitrogens with zero attached hydrogens (tertiary/aromatic N) is 2. The maximum atomic E-state index is 12.7. The van der Waals surface area contributed by atoms with E-state index in [9.17, 15) is 62.3 Å². The summed E-state index contributed by atoms with van der Waals surface area (Å²) in [7, 11) is 0. The van der Waals surface area contributed by atoms with Gasteiger partial charge in [-0.15, -0.1) is 0 Å². The van der Waals surface area contributed by atoms with Crippen LogP contribution in [0.2, 0.25) is 0 Å². The molecule has 0 aromatic rings. The Morgan fingerprint density at radius 1 is 0.667 bits per heavy atom. The van der Waals surface area contributed by atoms with Crippen molar-refractivity contribution in [2.75, 3.05) is 6.54 Å². The minimum atomic E-state index is -5.63. The van der Waals surface area contributed by atoms with E-state index in [0.717, 1.165) is 0 Å². The van der Waals surface area contributed by atoms with Gasteiger partial charge < -0.3 is 0 Å². The number of hydrogen-bond donors (Lipinski definition) is 0. The summed E-state index contributed by atoms with van der Waals surface area (Å²) in [4.78, 5) is 26.6. The molecule has 0 fully saturated rings. The molecule has 0 aromatic heterocycles. The first-order valence-electron chi connectivity index (χ1n) is 7.10. The van der Waals surface area contributed by atoms with Gasteiger partial charge in [-0.2, -0.15) is 52.7 Å². The minimum Gasteiger partial charge on any atom is -0.289 e. The quantitative estimate of drug-likeness (QED) is 0.288. The monoisotopic (exact) mass is 512 g/mol. The van der Waals surface area contributed by atoms with Crippen LogP contribution in [0, 0.1) is 0 Å². The average molecular weight is 513 g/mol. The number of Topliss-reactive ketones (excluding diaryl/α,β-unsaturated/α-hetero) is 2. The topological polar surface area (TPSA) is 58.9 Å². The number of carbonyl (C=O) groups excluding carboxylic acids is 2. The van der Waals surface area contributed by atoms with Gasteiger partial charge in [-0.1, -0.05) is 0 Å². The van der Waals surface area contributed by atoms with Crippen LogP contribution >= 0.6 is 0 Å². The Morgan fingerprint density at radius 2 is 1.00 bits per heavy atom. The molecule has 0 amide bonds. The Kier molecular flexibility index (Phi) is 10.8. The molecule has 1 atom stereocenters. The molecule has 0 saturated heterocycles. The molecule has 0 saturated carbocycles. The standard InChI is InChI=1S/C13H10F12N2O2.Ni/c1-5(27-7(11(17,18)19)3-9(29)13(23,24)25)4-26-6(10(14,15)16)2-8(28)12(20,21)22;/h5H,2-4H2,1H3;. The van der Waals surface area contributed by atoms with E-state index >= 15 is 0 Å². The van der Waals surface area contributed by atoms with Crippen molar-refractivity contribution in [3.05, 3.63) is 0 Å². The van der Waals surface area contributed by atoms with Crippen LogP contribution in [0.1, 0.15) is 19.8 Å². The van der Waals surface area contributed by atoms with E-state index in [1.165, 1.54) is 0 Å². The summed E-state index contributed by atoms with van der Waals surface area (Å²) in [5.41, 5.74) is -4.52. The molecule has 0 rings (SSSR count). The fourth-order valence-electron chi connectivity index (χ4n) is 1.52. The summed E-state index contributed by atoms with van der Waals surface area (Å²) in [5, 5.41) is 0. The number of hydrogen-bond acceptors (Lipinski definition) is 4. The van der Waals surface area contributed by atoms with E-state index in [4.69, 9.17) is 0 Å². The maximum absolute atomic E-state index is 12.7. The molecule has 178 valence electrons. The second-order valence-corrected chi connectivity index (χ2v) is 5.40. The third-order valence-electron chi connectivity index (χ3n) is 2.87. The van der Waals surface area contributed by atoms with Crippen molar-refractivity contribution < 1.29 is 78.8 Å². The first kappa shape index (κ1) is 30.5. The van der Waals surface area contributed by atoms with E-state index in [1.54, 1.807) is 0 Å². The molecule has 0 aliphatic rings.